The van der Waals surface area contributed by atoms with E-state index in [0.717, 1.165) is 45.9 Å². The van der Waals surface area contributed by atoms with Gasteiger partial charge in [0.2, 0.25) is 17.6 Å². The molecule has 6 rings (SSSR count). The summed E-state index contributed by atoms with van der Waals surface area (Å²) in [5.74, 6) is 0.0130. The fourth-order valence-electron chi connectivity index (χ4n) is 8.93. The van der Waals surface area contributed by atoms with Gasteiger partial charge in [0.05, 0.1) is 20.8 Å². The highest BCUT2D eigenvalue weighted by Crippen LogP contribution is 2.39. The molecule has 0 aliphatic carbocycles. The van der Waals surface area contributed by atoms with Crippen molar-refractivity contribution in [3.05, 3.63) is 99.8 Å². The maximum Gasteiger partial charge on any atom is 0.737 e. The standard InChI is InChI=1S/C48H62BF3N6O6/c1-33(27-36-13-9-10-15-41(36)50)32-56(25-21-38-14-12-24-55(38)4)48(61)37-29-43(62-5)47(63-6)44(30-37)64-26-23-54-45(59)16-8-7-11-22-53-46(60)20-19-39-17-18-40-31-42-34(2)28-35(3)57(42)49(51,52)58(39)40/h9-10,13,15,17-18,27-31,38H,7-8,11-12,14,16,19-26,32H2,1-6H3,(H,53,60)(H,54,59)/b33-27+/t38-/m1/s1. The highest BCUT2D eigenvalue weighted by atomic mass is 19.2. The lowest BCUT2D eigenvalue weighted by atomic mass is 9.90. The van der Waals surface area contributed by atoms with Crippen molar-refractivity contribution in [2.24, 2.45) is 0 Å². The lowest BCUT2D eigenvalue weighted by molar-refractivity contribution is -0.362. The van der Waals surface area contributed by atoms with Gasteiger partial charge in [-0.1, -0.05) is 36.3 Å². The number of hydrogen-bond donors (Lipinski definition) is 2. The third-order valence-electron chi connectivity index (χ3n) is 12.2. The number of hydrogen-bond acceptors (Lipinski definition) is 7. The summed E-state index contributed by atoms with van der Waals surface area (Å²) in [4.78, 5) is 43.6. The number of ether oxygens (including phenoxy) is 3. The van der Waals surface area contributed by atoms with E-state index < -0.39 is 6.97 Å². The van der Waals surface area contributed by atoms with Crippen LogP contribution in [0.5, 0.6) is 17.2 Å². The molecule has 3 aliphatic heterocycles. The second kappa shape index (κ2) is 21.7. The van der Waals surface area contributed by atoms with Gasteiger partial charge in [-0.05, 0) is 102 Å². The van der Waals surface area contributed by atoms with Crippen LogP contribution >= 0.6 is 0 Å². The Hall–Kier alpha value is -5.77. The number of aryl methyl sites for hydroxylation is 2. The number of unbranched alkanes of at least 4 members (excludes halogenated alkanes) is 2. The molecule has 3 aromatic rings. The topological polar surface area (TPSA) is 117 Å². The molecule has 0 saturated carbocycles. The monoisotopic (exact) mass is 886 g/mol. The average Bonchev–Trinajstić information content (AvgIpc) is 3.97. The van der Waals surface area contributed by atoms with E-state index in [2.05, 4.69) is 22.6 Å². The molecule has 3 aliphatic rings. The van der Waals surface area contributed by atoms with E-state index in [9.17, 15) is 18.8 Å². The molecule has 1 atom stereocenters. The fraction of sp³-hybridized carbons (Fsp3) is 0.458. The van der Waals surface area contributed by atoms with Gasteiger partial charge in [0.25, 0.3) is 5.91 Å². The normalized spacial score (nSPS) is 16.6. The lowest BCUT2D eigenvalue weighted by Crippen LogP contribution is -2.50. The Bertz CT molecular complexity index is 2320. The van der Waals surface area contributed by atoms with E-state index in [0.29, 0.717) is 103 Å². The van der Waals surface area contributed by atoms with Crippen LogP contribution in [0, 0.1) is 19.7 Å². The number of nitrogens with one attached hydrogen (secondary N) is 2. The number of rotatable bonds is 22. The molecule has 4 heterocycles. The number of carbonyl (C=O) groups excluding carboxylic acids is 3. The summed E-state index contributed by atoms with van der Waals surface area (Å²) < 4.78 is 65.3. The summed E-state index contributed by atoms with van der Waals surface area (Å²) in [6.45, 7) is 3.88. The van der Waals surface area contributed by atoms with Crippen molar-refractivity contribution >= 4 is 42.6 Å². The number of halogens is 3. The molecule has 344 valence electrons. The first-order valence-corrected chi connectivity index (χ1v) is 22.3. The third-order valence-corrected chi connectivity index (χ3v) is 12.2. The van der Waals surface area contributed by atoms with Crippen molar-refractivity contribution in [1.29, 1.82) is 0 Å². The SMILES string of the molecule is COc1cc(C(=O)N(CC[C@H]2CCCN2C)C/C(C)=C/c2ccccc2F)cc(OCCNC(=O)CCCCCNC(=O)CCC2=[N+]3C(=Cc4c(C)cc(C)n4[B-]3(F)F)C=C2)c1OC. The van der Waals surface area contributed by atoms with E-state index >= 15 is 8.63 Å². The quantitative estimate of drug-likeness (QED) is 0.0792. The van der Waals surface area contributed by atoms with Crippen LogP contribution in [0.4, 0.5) is 13.0 Å². The van der Waals surface area contributed by atoms with Crippen molar-refractivity contribution in [1.82, 2.24) is 24.9 Å². The molecule has 3 amide bonds. The molecule has 0 unspecified atom stereocenters. The highest BCUT2D eigenvalue weighted by molar-refractivity contribution is 6.58. The van der Waals surface area contributed by atoms with Crippen LogP contribution in [-0.4, -0.2) is 116 Å². The van der Waals surface area contributed by atoms with E-state index in [4.69, 9.17) is 14.2 Å². The summed E-state index contributed by atoms with van der Waals surface area (Å²) in [6, 6.07) is 11.9. The van der Waals surface area contributed by atoms with Gasteiger partial charge in [-0.15, -0.1) is 0 Å². The van der Waals surface area contributed by atoms with Gasteiger partial charge in [0, 0.05) is 80.0 Å². The van der Waals surface area contributed by atoms with Gasteiger partial charge < -0.3 is 52.2 Å². The van der Waals surface area contributed by atoms with E-state index in [-0.39, 0.29) is 49.5 Å². The van der Waals surface area contributed by atoms with Crippen LogP contribution in [0.25, 0.3) is 12.2 Å². The largest absolute Gasteiger partial charge is 0.737 e. The molecule has 0 radical (unpaired) electrons. The van der Waals surface area contributed by atoms with Crippen LogP contribution in [0.3, 0.4) is 0 Å². The number of likely N-dealkylation sites (tertiary alicyclic amines) is 1. The summed E-state index contributed by atoms with van der Waals surface area (Å²) in [5.41, 5.74) is 4.30. The van der Waals surface area contributed by atoms with Gasteiger partial charge >= 0.3 is 6.97 Å². The van der Waals surface area contributed by atoms with E-state index in [1.165, 1.54) is 20.3 Å². The number of benzene rings is 2. The average molecular weight is 887 g/mol. The third kappa shape index (κ3) is 11.5. The van der Waals surface area contributed by atoms with Gasteiger partial charge in [-0.2, -0.15) is 0 Å². The minimum Gasteiger partial charge on any atom is -0.493 e. The second-order valence-electron chi connectivity index (χ2n) is 16.9. The number of carbonyl (C=O) groups is 3. The molecule has 12 nitrogen and oxygen atoms in total. The molecule has 1 fully saturated rings. The molecule has 2 N–H and O–H groups in total. The van der Waals surface area contributed by atoms with Crippen LogP contribution < -0.4 is 24.8 Å². The minimum atomic E-state index is -4.07. The zero-order valence-electron chi connectivity index (χ0n) is 38.0. The number of methoxy groups -OCH3 is 2. The summed E-state index contributed by atoms with van der Waals surface area (Å²) in [6.07, 6.45) is 12.4. The second-order valence-corrected chi connectivity index (χ2v) is 16.9. The molecule has 0 bridgehead atoms. The molecule has 64 heavy (non-hydrogen) atoms. The van der Waals surface area contributed by atoms with Gasteiger partial charge in [0.15, 0.2) is 17.2 Å². The summed E-state index contributed by atoms with van der Waals surface area (Å²) >= 11 is 0. The Morgan fingerprint density at radius 2 is 1.72 bits per heavy atom. The first-order valence-electron chi connectivity index (χ1n) is 22.3. The van der Waals surface area contributed by atoms with Gasteiger partial charge in [-0.3, -0.25) is 14.4 Å². The zero-order chi connectivity index (χ0) is 46.0. The molecule has 0 spiro atoms. The Morgan fingerprint density at radius 3 is 2.45 bits per heavy atom. The van der Waals surface area contributed by atoms with Crippen LogP contribution in [-0.2, 0) is 9.59 Å². The van der Waals surface area contributed by atoms with Gasteiger partial charge in [0.1, 0.15) is 18.1 Å². The van der Waals surface area contributed by atoms with Crippen LogP contribution in [0.1, 0.15) is 97.6 Å². The zero-order valence-corrected chi connectivity index (χ0v) is 38.0. The van der Waals surface area contributed by atoms with Crippen molar-refractivity contribution in [3.63, 3.8) is 0 Å². The minimum absolute atomic E-state index is 0.0858. The Kier molecular flexibility index (Phi) is 16.2. The molecular formula is C48H62BF3N6O6. The first-order chi connectivity index (χ1) is 30.7. The predicted molar refractivity (Wildman–Crippen MR) is 245 cm³/mol. The van der Waals surface area contributed by atoms with Crippen molar-refractivity contribution < 1.29 is 46.1 Å². The van der Waals surface area contributed by atoms with Crippen LogP contribution in [0.2, 0.25) is 0 Å². The molecular weight excluding hydrogens is 824 g/mol. The van der Waals surface area contributed by atoms with E-state index in [1.807, 2.05) is 13.8 Å². The Balaban J connectivity index is 0.942. The maximum atomic E-state index is 15.7. The molecule has 16 heteroatoms. The van der Waals surface area contributed by atoms with Crippen molar-refractivity contribution in [3.8, 4) is 17.2 Å². The Morgan fingerprint density at radius 1 is 0.969 bits per heavy atom. The van der Waals surface area contributed by atoms with Gasteiger partial charge in [-0.25, -0.2) is 4.39 Å². The number of aromatic nitrogens is 1. The summed E-state index contributed by atoms with van der Waals surface area (Å²) in [7, 11) is 5.08. The number of amides is 3. The summed E-state index contributed by atoms with van der Waals surface area (Å²) in [5, 5.41) is 5.74. The van der Waals surface area contributed by atoms with Crippen molar-refractivity contribution in [2.75, 3.05) is 60.6 Å². The number of allylic oxidation sites excluding steroid dienone is 2. The Labute approximate surface area is 374 Å². The number of nitrogens with zero attached hydrogens (tertiary/aromatic N) is 4. The van der Waals surface area contributed by atoms with Crippen molar-refractivity contribution in [2.45, 2.75) is 84.6 Å². The predicted octanol–water partition coefficient (Wildman–Crippen LogP) is 7.54. The molecule has 2 aromatic carbocycles. The number of fused-ring (bicyclic) bond motifs is 2. The van der Waals surface area contributed by atoms with E-state index in [1.54, 1.807) is 72.5 Å². The smallest absolute Gasteiger partial charge is 0.493 e. The first kappa shape index (κ1) is 47.7. The van der Waals surface area contributed by atoms with Crippen LogP contribution in [0.15, 0.2) is 65.9 Å². The maximum absolute atomic E-state index is 15.7. The lowest BCUT2D eigenvalue weighted by Gasteiger charge is -2.30. The fourth-order valence-corrected chi connectivity index (χ4v) is 8.93. The highest BCUT2D eigenvalue weighted by Gasteiger charge is 2.52. The molecule has 1 aromatic heterocycles. The molecule has 1 saturated heterocycles.